The molecule has 2 aliphatic rings. The number of likely N-dealkylation sites (tertiary alicyclic amines) is 1. The average Bonchev–Trinajstić information content (AvgIpc) is 3.61. The smallest absolute Gasteiger partial charge is 0.451 e. The van der Waals surface area contributed by atoms with Gasteiger partial charge in [-0.3, -0.25) is 15.0 Å². The zero-order valence-electron chi connectivity index (χ0n) is 23.8. The second-order valence-corrected chi connectivity index (χ2v) is 10.8. The molecule has 0 saturated carbocycles. The van der Waals surface area contributed by atoms with Gasteiger partial charge in [-0.15, -0.1) is 0 Å². The molecule has 0 aliphatic carbocycles. The van der Waals surface area contributed by atoms with Crippen LogP contribution in [0.1, 0.15) is 49.4 Å². The summed E-state index contributed by atoms with van der Waals surface area (Å²) in [5.41, 5.74) is 3.70. The lowest BCUT2D eigenvalue weighted by Crippen LogP contribution is -2.35. The molecule has 0 aromatic carbocycles. The fraction of sp³-hybridized carbons (Fsp3) is 0.433. The molecule has 0 bridgehead atoms. The Balaban J connectivity index is 1.16. The van der Waals surface area contributed by atoms with E-state index in [1.54, 1.807) is 18.3 Å². The predicted molar refractivity (Wildman–Crippen MR) is 153 cm³/mol. The van der Waals surface area contributed by atoms with Crippen molar-refractivity contribution in [3.63, 3.8) is 0 Å². The Morgan fingerprint density at radius 2 is 2.00 bits per heavy atom. The highest BCUT2D eigenvalue weighted by atomic mass is 19.4. The van der Waals surface area contributed by atoms with Crippen LogP contribution in [0.2, 0.25) is 0 Å². The minimum absolute atomic E-state index is 0.0971. The number of hydrogen-bond acceptors (Lipinski definition) is 8. The van der Waals surface area contributed by atoms with Crippen LogP contribution in [0, 0.1) is 0 Å². The molecule has 0 amide bonds. The second-order valence-electron chi connectivity index (χ2n) is 10.8. The highest BCUT2D eigenvalue weighted by molar-refractivity contribution is 5.78. The summed E-state index contributed by atoms with van der Waals surface area (Å²) in [4.78, 5) is 20.0. The van der Waals surface area contributed by atoms with E-state index >= 15 is 0 Å². The molecule has 0 spiro atoms. The molecule has 6 rings (SSSR count). The maximum atomic E-state index is 13.0. The van der Waals surface area contributed by atoms with E-state index in [2.05, 4.69) is 37.2 Å². The van der Waals surface area contributed by atoms with Crippen molar-refractivity contribution in [2.45, 2.75) is 57.5 Å². The molecule has 0 unspecified atom stereocenters. The van der Waals surface area contributed by atoms with Crippen molar-refractivity contribution in [1.29, 1.82) is 0 Å². The lowest BCUT2D eigenvalue weighted by Gasteiger charge is -2.32. The van der Waals surface area contributed by atoms with E-state index in [4.69, 9.17) is 19.4 Å². The number of hydrogen-bond donors (Lipinski definition) is 1. The largest absolute Gasteiger partial charge is 0.473 e. The second kappa shape index (κ2) is 12.3. The van der Waals surface area contributed by atoms with E-state index in [0.717, 1.165) is 61.6 Å². The number of aromatic nitrogens is 7. The SMILES string of the molecule is C=C/C(=C\C)COc1cccc(C2CCN(Cc3nc4cc(-c5n[nH]c(C(F)(F)F)n5)ncc4n3C[C@@H]3CCO3)CC2)n1. The van der Waals surface area contributed by atoms with E-state index in [-0.39, 0.29) is 17.6 Å². The number of imidazole rings is 1. The Hall–Kier alpha value is -4.10. The van der Waals surface area contributed by atoms with Crippen LogP contribution in [0.4, 0.5) is 13.2 Å². The number of alkyl halides is 3. The Kier molecular flexibility index (Phi) is 8.26. The number of halogens is 3. The van der Waals surface area contributed by atoms with Crippen molar-refractivity contribution in [2.24, 2.45) is 0 Å². The minimum atomic E-state index is -4.62. The van der Waals surface area contributed by atoms with E-state index in [1.807, 2.05) is 30.2 Å². The zero-order chi connectivity index (χ0) is 30.0. The summed E-state index contributed by atoms with van der Waals surface area (Å²) < 4.78 is 52.8. The topological polar surface area (TPSA) is 107 Å². The van der Waals surface area contributed by atoms with Crippen molar-refractivity contribution in [2.75, 3.05) is 26.3 Å². The van der Waals surface area contributed by atoms with Crippen molar-refractivity contribution in [1.82, 2.24) is 39.6 Å². The molecular formula is C30H33F3N8O2. The highest BCUT2D eigenvalue weighted by Gasteiger charge is 2.35. The number of aromatic amines is 1. The molecule has 2 aliphatic heterocycles. The predicted octanol–water partition coefficient (Wildman–Crippen LogP) is 5.31. The maximum absolute atomic E-state index is 13.0. The fourth-order valence-electron chi connectivity index (χ4n) is 5.40. The number of nitrogens with zero attached hydrogens (tertiary/aromatic N) is 7. The summed E-state index contributed by atoms with van der Waals surface area (Å²) in [6, 6.07) is 7.57. The highest BCUT2D eigenvalue weighted by Crippen LogP contribution is 2.31. The number of ether oxygens (including phenoxy) is 2. The fourth-order valence-corrected chi connectivity index (χ4v) is 5.40. The molecule has 1 atom stereocenters. The number of fused-ring (bicyclic) bond motifs is 1. The molecule has 0 radical (unpaired) electrons. The lowest BCUT2D eigenvalue weighted by molar-refractivity contribution is -0.144. The van der Waals surface area contributed by atoms with E-state index < -0.39 is 12.0 Å². The Bertz CT molecular complexity index is 1620. The van der Waals surface area contributed by atoms with Gasteiger partial charge >= 0.3 is 6.18 Å². The molecule has 2 saturated heterocycles. The standard InChI is InChI=1S/C30H33F3N8O2/c1-3-19(4-2)18-43-27-7-5-6-22(36-27)20-8-11-40(12-9-20)17-26-35-23-14-24(28-37-29(39-38-28)30(31,32)33)34-15-25(23)41(26)16-21-10-13-42-21/h3-7,14-15,20-21H,1,8-13,16-18H2,2H3,(H,37,38,39)/b19-4+/t21-/m0/s1. The first-order chi connectivity index (χ1) is 20.8. The number of allylic oxidation sites excluding steroid dienone is 1. The summed E-state index contributed by atoms with van der Waals surface area (Å²) >= 11 is 0. The summed E-state index contributed by atoms with van der Waals surface area (Å²) in [6.07, 6.45) is 3.73. The number of piperidine rings is 1. The van der Waals surface area contributed by atoms with Gasteiger partial charge in [0.1, 0.15) is 18.1 Å². The summed E-state index contributed by atoms with van der Waals surface area (Å²) in [5.74, 6) is 0.522. The van der Waals surface area contributed by atoms with Gasteiger partial charge in [-0.05, 0) is 57.0 Å². The summed E-state index contributed by atoms with van der Waals surface area (Å²) in [5, 5.41) is 5.66. The van der Waals surface area contributed by atoms with Gasteiger partial charge in [-0.2, -0.15) is 18.3 Å². The summed E-state index contributed by atoms with van der Waals surface area (Å²) in [6.45, 7) is 9.96. The van der Waals surface area contributed by atoms with Gasteiger partial charge in [0.25, 0.3) is 0 Å². The first-order valence-corrected chi connectivity index (χ1v) is 14.4. The van der Waals surface area contributed by atoms with Crippen LogP contribution in [0.5, 0.6) is 5.88 Å². The van der Waals surface area contributed by atoms with Gasteiger partial charge in [0.2, 0.25) is 11.7 Å². The Labute approximate surface area is 246 Å². The number of rotatable bonds is 10. The normalized spacial score (nSPS) is 18.6. The summed E-state index contributed by atoms with van der Waals surface area (Å²) in [7, 11) is 0. The van der Waals surface area contributed by atoms with E-state index in [1.165, 1.54) is 0 Å². The molecule has 43 heavy (non-hydrogen) atoms. The number of pyridine rings is 2. The molecule has 10 nitrogen and oxygen atoms in total. The molecule has 4 aromatic rings. The molecule has 1 N–H and O–H groups in total. The molecule has 13 heteroatoms. The molecule has 6 heterocycles. The van der Waals surface area contributed by atoms with Crippen LogP contribution >= 0.6 is 0 Å². The van der Waals surface area contributed by atoms with Crippen molar-refractivity contribution in [3.8, 4) is 17.4 Å². The van der Waals surface area contributed by atoms with Gasteiger partial charge in [-0.1, -0.05) is 24.8 Å². The van der Waals surface area contributed by atoms with Gasteiger partial charge in [0.05, 0.1) is 36.4 Å². The zero-order valence-corrected chi connectivity index (χ0v) is 23.8. The Morgan fingerprint density at radius 3 is 2.67 bits per heavy atom. The van der Waals surface area contributed by atoms with Crippen molar-refractivity contribution < 1.29 is 22.6 Å². The maximum Gasteiger partial charge on any atom is 0.451 e. The number of nitrogens with one attached hydrogen (secondary N) is 1. The van der Waals surface area contributed by atoms with Crippen LogP contribution in [0.25, 0.3) is 22.6 Å². The third kappa shape index (κ3) is 6.47. The Morgan fingerprint density at radius 1 is 1.19 bits per heavy atom. The van der Waals surface area contributed by atoms with Crippen molar-refractivity contribution in [3.05, 3.63) is 72.1 Å². The minimum Gasteiger partial charge on any atom is -0.473 e. The lowest BCUT2D eigenvalue weighted by atomic mass is 9.93. The number of H-pyrrole nitrogens is 1. The molecule has 2 fully saturated rings. The van der Waals surface area contributed by atoms with E-state index in [0.29, 0.717) is 37.0 Å². The van der Waals surface area contributed by atoms with Gasteiger partial charge in [0.15, 0.2) is 5.82 Å². The molecule has 226 valence electrons. The van der Waals surface area contributed by atoms with Crippen LogP contribution in [-0.4, -0.2) is 72.0 Å². The average molecular weight is 595 g/mol. The quantitative estimate of drug-likeness (QED) is 0.246. The van der Waals surface area contributed by atoms with Crippen LogP contribution in [0.3, 0.4) is 0 Å². The van der Waals surface area contributed by atoms with Crippen LogP contribution in [0.15, 0.2) is 54.8 Å². The van der Waals surface area contributed by atoms with Crippen LogP contribution in [-0.2, 0) is 24.0 Å². The molecule has 4 aromatic heterocycles. The first-order valence-electron chi connectivity index (χ1n) is 14.4. The van der Waals surface area contributed by atoms with Gasteiger partial charge in [0, 0.05) is 24.3 Å². The van der Waals surface area contributed by atoms with Crippen molar-refractivity contribution >= 4 is 11.0 Å². The monoisotopic (exact) mass is 594 g/mol. The first kappa shape index (κ1) is 29.0. The van der Waals surface area contributed by atoms with Crippen LogP contribution < -0.4 is 4.74 Å². The van der Waals surface area contributed by atoms with Gasteiger partial charge in [-0.25, -0.2) is 15.0 Å². The third-order valence-corrected chi connectivity index (χ3v) is 8.01. The van der Waals surface area contributed by atoms with E-state index in [9.17, 15) is 13.2 Å². The third-order valence-electron chi connectivity index (χ3n) is 8.01. The molecular weight excluding hydrogens is 561 g/mol. The van der Waals surface area contributed by atoms with Gasteiger partial charge < -0.3 is 14.0 Å².